The predicted octanol–water partition coefficient (Wildman–Crippen LogP) is 1.08. The summed E-state index contributed by atoms with van der Waals surface area (Å²) in [7, 11) is 0. The summed E-state index contributed by atoms with van der Waals surface area (Å²) in [6.07, 6.45) is 5.05. The second-order valence-electron chi connectivity index (χ2n) is 3.82. The van der Waals surface area contributed by atoms with Crippen LogP contribution in [0.4, 0.5) is 0 Å². The van der Waals surface area contributed by atoms with Gasteiger partial charge in [0.1, 0.15) is 5.76 Å². The number of pyridine rings is 1. The molecule has 2 aromatic heterocycles. The normalized spacial score (nSPS) is 10.2. The lowest BCUT2D eigenvalue weighted by Gasteiger charge is -2.05. The van der Waals surface area contributed by atoms with Crippen molar-refractivity contribution in [3.05, 3.63) is 54.2 Å². The van der Waals surface area contributed by atoms with E-state index < -0.39 is 0 Å². The lowest BCUT2D eigenvalue weighted by molar-refractivity contribution is -0.120. The van der Waals surface area contributed by atoms with Crippen LogP contribution in [0.25, 0.3) is 0 Å². The zero-order valence-electron chi connectivity index (χ0n) is 9.93. The first-order valence-corrected chi connectivity index (χ1v) is 5.73. The highest BCUT2D eigenvalue weighted by molar-refractivity contribution is 5.77. The van der Waals surface area contributed by atoms with Gasteiger partial charge in [-0.15, -0.1) is 0 Å². The number of hydrogen-bond acceptors (Lipinski definition) is 4. The van der Waals surface area contributed by atoms with Gasteiger partial charge in [-0.1, -0.05) is 6.07 Å². The molecule has 0 saturated carbocycles. The number of hydrogen-bond donors (Lipinski definition) is 2. The molecule has 2 rings (SSSR count). The van der Waals surface area contributed by atoms with E-state index in [0.717, 1.165) is 11.3 Å². The van der Waals surface area contributed by atoms with Gasteiger partial charge in [0.15, 0.2) is 0 Å². The van der Waals surface area contributed by atoms with Crippen LogP contribution in [0, 0.1) is 0 Å². The van der Waals surface area contributed by atoms with Crippen LogP contribution in [0.15, 0.2) is 47.3 Å². The molecular formula is C13H15N3O2. The number of rotatable bonds is 6. The summed E-state index contributed by atoms with van der Waals surface area (Å²) in [5, 5.41) is 5.81. The quantitative estimate of drug-likeness (QED) is 0.799. The Hall–Kier alpha value is -2.14. The third-order valence-corrected chi connectivity index (χ3v) is 2.38. The van der Waals surface area contributed by atoms with Crippen LogP contribution in [0.3, 0.4) is 0 Å². The van der Waals surface area contributed by atoms with Crippen molar-refractivity contribution in [1.29, 1.82) is 0 Å². The monoisotopic (exact) mass is 245 g/mol. The van der Waals surface area contributed by atoms with E-state index in [4.69, 9.17) is 4.42 Å². The first-order chi connectivity index (χ1) is 8.84. The van der Waals surface area contributed by atoms with Gasteiger partial charge in [0, 0.05) is 18.9 Å². The molecule has 0 saturated heterocycles. The van der Waals surface area contributed by atoms with Crippen molar-refractivity contribution in [1.82, 2.24) is 15.6 Å². The number of nitrogens with zero attached hydrogens (tertiary/aromatic N) is 1. The van der Waals surface area contributed by atoms with Gasteiger partial charge in [-0.25, -0.2) is 0 Å². The average molecular weight is 245 g/mol. The average Bonchev–Trinajstić information content (AvgIpc) is 2.91. The molecule has 0 spiro atoms. The fourth-order valence-corrected chi connectivity index (χ4v) is 1.48. The Morgan fingerprint density at radius 2 is 2.22 bits per heavy atom. The molecule has 0 aliphatic carbocycles. The molecule has 2 heterocycles. The summed E-state index contributed by atoms with van der Waals surface area (Å²) >= 11 is 0. The van der Waals surface area contributed by atoms with E-state index in [1.807, 2.05) is 24.3 Å². The number of nitrogens with one attached hydrogen (secondary N) is 2. The second-order valence-corrected chi connectivity index (χ2v) is 3.82. The van der Waals surface area contributed by atoms with Crippen LogP contribution in [0.1, 0.15) is 11.3 Å². The molecular weight excluding hydrogens is 230 g/mol. The zero-order chi connectivity index (χ0) is 12.6. The Labute approximate surface area is 105 Å². The predicted molar refractivity (Wildman–Crippen MR) is 66.5 cm³/mol. The van der Waals surface area contributed by atoms with Gasteiger partial charge >= 0.3 is 0 Å². The molecule has 0 aromatic carbocycles. The van der Waals surface area contributed by atoms with Gasteiger partial charge in [0.2, 0.25) is 5.91 Å². The fraction of sp³-hybridized carbons (Fsp3) is 0.231. The first kappa shape index (κ1) is 12.3. The van der Waals surface area contributed by atoms with Gasteiger partial charge < -0.3 is 15.1 Å². The fourth-order valence-electron chi connectivity index (χ4n) is 1.48. The van der Waals surface area contributed by atoms with Crippen molar-refractivity contribution in [2.75, 3.05) is 6.54 Å². The van der Waals surface area contributed by atoms with E-state index in [1.54, 1.807) is 18.7 Å². The van der Waals surface area contributed by atoms with Crippen molar-refractivity contribution in [2.45, 2.75) is 13.1 Å². The Bertz CT molecular complexity index is 468. The van der Waals surface area contributed by atoms with Gasteiger partial charge in [-0.05, 0) is 23.8 Å². The number of carbonyl (C=O) groups is 1. The highest BCUT2D eigenvalue weighted by Crippen LogP contribution is 1.98. The van der Waals surface area contributed by atoms with Crippen molar-refractivity contribution in [3.8, 4) is 0 Å². The Morgan fingerprint density at radius 1 is 1.28 bits per heavy atom. The summed E-state index contributed by atoms with van der Waals surface area (Å²) in [6.45, 7) is 1.31. The Kier molecular flexibility index (Phi) is 4.49. The summed E-state index contributed by atoms with van der Waals surface area (Å²) < 4.78 is 5.14. The molecule has 2 N–H and O–H groups in total. The van der Waals surface area contributed by atoms with E-state index in [1.165, 1.54) is 0 Å². The van der Waals surface area contributed by atoms with Crippen molar-refractivity contribution in [2.24, 2.45) is 0 Å². The van der Waals surface area contributed by atoms with Crippen LogP contribution in [0.2, 0.25) is 0 Å². The Morgan fingerprint density at radius 3 is 2.94 bits per heavy atom. The minimum atomic E-state index is -0.0505. The van der Waals surface area contributed by atoms with Crippen LogP contribution >= 0.6 is 0 Å². The molecule has 0 bridgehead atoms. The van der Waals surface area contributed by atoms with E-state index >= 15 is 0 Å². The van der Waals surface area contributed by atoms with E-state index in [2.05, 4.69) is 15.6 Å². The van der Waals surface area contributed by atoms with Crippen molar-refractivity contribution in [3.63, 3.8) is 0 Å². The maximum absolute atomic E-state index is 11.5. The SMILES string of the molecule is O=C(CNCc1ccco1)NCc1cccnc1. The molecule has 0 atom stereocenters. The van der Waals surface area contributed by atoms with Crippen LogP contribution in [0.5, 0.6) is 0 Å². The molecule has 18 heavy (non-hydrogen) atoms. The van der Waals surface area contributed by atoms with E-state index in [-0.39, 0.29) is 12.5 Å². The standard InChI is InChI=1S/C13H15N3O2/c17-13(10-15-9-12-4-2-6-18-12)16-8-11-3-1-5-14-7-11/h1-7,15H,8-10H2,(H,16,17). The van der Waals surface area contributed by atoms with Gasteiger partial charge in [-0.2, -0.15) is 0 Å². The summed E-state index contributed by atoms with van der Waals surface area (Å²) in [5.41, 5.74) is 0.983. The highest BCUT2D eigenvalue weighted by Gasteiger charge is 2.01. The lowest BCUT2D eigenvalue weighted by Crippen LogP contribution is -2.33. The summed E-state index contributed by atoms with van der Waals surface area (Å²) in [4.78, 5) is 15.5. The van der Waals surface area contributed by atoms with E-state index in [0.29, 0.717) is 13.1 Å². The molecule has 0 fully saturated rings. The number of carbonyl (C=O) groups excluding carboxylic acids is 1. The maximum atomic E-state index is 11.5. The minimum Gasteiger partial charge on any atom is -0.468 e. The minimum absolute atomic E-state index is 0.0505. The van der Waals surface area contributed by atoms with Crippen LogP contribution < -0.4 is 10.6 Å². The third-order valence-electron chi connectivity index (χ3n) is 2.38. The van der Waals surface area contributed by atoms with Crippen molar-refractivity contribution >= 4 is 5.91 Å². The first-order valence-electron chi connectivity index (χ1n) is 5.73. The lowest BCUT2D eigenvalue weighted by atomic mass is 10.3. The summed E-state index contributed by atoms with van der Waals surface area (Å²) in [6, 6.07) is 7.44. The maximum Gasteiger partial charge on any atom is 0.234 e. The molecule has 2 aromatic rings. The Balaban J connectivity index is 1.63. The van der Waals surface area contributed by atoms with Gasteiger partial charge in [0.25, 0.3) is 0 Å². The smallest absolute Gasteiger partial charge is 0.234 e. The molecule has 0 aliphatic rings. The topological polar surface area (TPSA) is 67.2 Å². The molecule has 1 amide bonds. The largest absolute Gasteiger partial charge is 0.468 e. The van der Waals surface area contributed by atoms with Gasteiger partial charge in [0.05, 0.1) is 19.4 Å². The molecule has 0 unspecified atom stereocenters. The highest BCUT2D eigenvalue weighted by atomic mass is 16.3. The number of aromatic nitrogens is 1. The molecule has 0 aliphatic heterocycles. The molecule has 5 heteroatoms. The molecule has 0 radical (unpaired) electrons. The zero-order valence-corrected chi connectivity index (χ0v) is 9.93. The molecule has 5 nitrogen and oxygen atoms in total. The van der Waals surface area contributed by atoms with Crippen LogP contribution in [-0.4, -0.2) is 17.4 Å². The van der Waals surface area contributed by atoms with Crippen LogP contribution in [-0.2, 0) is 17.9 Å². The van der Waals surface area contributed by atoms with E-state index in [9.17, 15) is 4.79 Å². The third kappa shape index (κ3) is 4.03. The van der Waals surface area contributed by atoms with Gasteiger partial charge in [-0.3, -0.25) is 9.78 Å². The van der Waals surface area contributed by atoms with Crippen molar-refractivity contribution < 1.29 is 9.21 Å². The molecule has 94 valence electrons. The summed E-state index contributed by atoms with van der Waals surface area (Å²) in [5.74, 6) is 0.764. The second kappa shape index (κ2) is 6.56. The number of amides is 1. The number of furan rings is 1.